The molecule has 2 N–H and O–H groups in total. The fourth-order valence-corrected chi connectivity index (χ4v) is 1.51. The molecule has 66 valence electrons. The van der Waals surface area contributed by atoms with Gasteiger partial charge in [0, 0.05) is 13.1 Å². The zero-order valence-corrected chi connectivity index (χ0v) is 7.38. The van der Waals surface area contributed by atoms with Gasteiger partial charge >= 0.3 is 0 Å². The number of rotatable bonds is 4. The van der Waals surface area contributed by atoms with Gasteiger partial charge in [0.25, 0.3) is 0 Å². The Bertz CT molecular complexity index is 113. The van der Waals surface area contributed by atoms with Gasteiger partial charge in [-0.25, -0.2) is 0 Å². The molecule has 1 aliphatic heterocycles. The van der Waals surface area contributed by atoms with Crippen molar-refractivity contribution in [3.63, 3.8) is 0 Å². The van der Waals surface area contributed by atoms with E-state index in [4.69, 9.17) is 5.11 Å². The quantitative estimate of drug-likeness (QED) is 0.605. The number of β-amino-alcohol motifs (C(OH)–C–C–N with tert-alkyl or cyclic N) is 1. The molecular formula is C8H18N2O. The van der Waals surface area contributed by atoms with E-state index in [-0.39, 0.29) is 6.10 Å². The van der Waals surface area contributed by atoms with Crippen molar-refractivity contribution >= 4 is 0 Å². The van der Waals surface area contributed by atoms with Crippen molar-refractivity contribution in [2.75, 3.05) is 19.6 Å². The van der Waals surface area contributed by atoms with Crippen LogP contribution < -0.4 is 5.32 Å². The molecule has 1 aliphatic rings. The van der Waals surface area contributed by atoms with Crippen LogP contribution in [-0.4, -0.2) is 41.9 Å². The van der Waals surface area contributed by atoms with Crippen molar-refractivity contribution in [3.8, 4) is 0 Å². The first-order valence-electron chi connectivity index (χ1n) is 4.43. The standard InChI is InChI=1S/C8H18N2O/c1-3-8(9-4-2)10-5-7(11)6-10/h7-9,11H,3-6H2,1-2H3. The first-order valence-corrected chi connectivity index (χ1v) is 4.43. The topological polar surface area (TPSA) is 35.5 Å². The average Bonchev–Trinajstić information content (AvgIpc) is 1.95. The Hall–Kier alpha value is -0.120. The maximum absolute atomic E-state index is 9.06. The van der Waals surface area contributed by atoms with Crippen LogP contribution in [0.4, 0.5) is 0 Å². The fraction of sp³-hybridized carbons (Fsp3) is 1.00. The Labute approximate surface area is 68.4 Å². The molecule has 0 aromatic heterocycles. The Morgan fingerprint density at radius 2 is 2.18 bits per heavy atom. The smallest absolute Gasteiger partial charge is 0.0795 e. The van der Waals surface area contributed by atoms with Gasteiger partial charge in [-0.2, -0.15) is 0 Å². The predicted octanol–water partition coefficient (Wildman–Crippen LogP) is 0.00850. The monoisotopic (exact) mass is 158 g/mol. The van der Waals surface area contributed by atoms with Gasteiger partial charge in [0.2, 0.25) is 0 Å². The molecule has 0 spiro atoms. The summed E-state index contributed by atoms with van der Waals surface area (Å²) < 4.78 is 0. The van der Waals surface area contributed by atoms with E-state index in [9.17, 15) is 0 Å². The molecule has 11 heavy (non-hydrogen) atoms. The summed E-state index contributed by atoms with van der Waals surface area (Å²) in [5.74, 6) is 0. The molecule has 0 amide bonds. The van der Waals surface area contributed by atoms with Crippen molar-refractivity contribution in [1.82, 2.24) is 10.2 Å². The number of aliphatic hydroxyl groups excluding tert-OH is 1. The lowest BCUT2D eigenvalue weighted by molar-refractivity contribution is -0.0337. The summed E-state index contributed by atoms with van der Waals surface area (Å²) >= 11 is 0. The van der Waals surface area contributed by atoms with E-state index in [1.165, 1.54) is 0 Å². The van der Waals surface area contributed by atoms with E-state index in [1.54, 1.807) is 0 Å². The second-order valence-electron chi connectivity index (χ2n) is 3.09. The molecule has 0 radical (unpaired) electrons. The van der Waals surface area contributed by atoms with Crippen LogP contribution >= 0.6 is 0 Å². The summed E-state index contributed by atoms with van der Waals surface area (Å²) in [7, 11) is 0. The Morgan fingerprint density at radius 1 is 1.55 bits per heavy atom. The summed E-state index contributed by atoms with van der Waals surface area (Å²) in [6.45, 7) is 6.96. The van der Waals surface area contributed by atoms with Gasteiger partial charge in [-0.15, -0.1) is 0 Å². The second-order valence-corrected chi connectivity index (χ2v) is 3.09. The molecule has 0 aromatic rings. The molecule has 0 saturated carbocycles. The summed E-state index contributed by atoms with van der Waals surface area (Å²) in [5.41, 5.74) is 0. The molecule has 1 atom stereocenters. The van der Waals surface area contributed by atoms with Crippen LogP contribution in [0.25, 0.3) is 0 Å². The Morgan fingerprint density at radius 3 is 2.55 bits per heavy atom. The summed E-state index contributed by atoms with van der Waals surface area (Å²) in [5, 5.41) is 12.4. The summed E-state index contributed by atoms with van der Waals surface area (Å²) in [6, 6.07) is 0. The minimum atomic E-state index is -0.0808. The third-order valence-electron chi connectivity index (χ3n) is 2.16. The highest BCUT2D eigenvalue weighted by molar-refractivity contribution is 4.82. The normalized spacial score (nSPS) is 23.2. The van der Waals surface area contributed by atoms with Gasteiger partial charge in [-0.3, -0.25) is 4.90 Å². The predicted molar refractivity (Wildman–Crippen MR) is 45.3 cm³/mol. The van der Waals surface area contributed by atoms with Gasteiger partial charge < -0.3 is 10.4 Å². The number of aliphatic hydroxyl groups is 1. The molecule has 3 nitrogen and oxygen atoms in total. The van der Waals surface area contributed by atoms with E-state index in [2.05, 4.69) is 24.1 Å². The highest BCUT2D eigenvalue weighted by atomic mass is 16.3. The Kier molecular flexibility index (Phi) is 3.30. The summed E-state index contributed by atoms with van der Waals surface area (Å²) in [4.78, 5) is 2.27. The molecule has 1 rings (SSSR count). The highest BCUT2D eigenvalue weighted by Gasteiger charge is 2.28. The van der Waals surface area contributed by atoms with Gasteiger partial charge in [0.15, 0.2) is 0 Å². The maximum Gasteiger partial charge on any atom is 0.0795 e. The van der Waals surface area contributed by atoms with Crippen molar-refractivity contribution in [2.45, 2.75) is 32.5 Å². The van der Waals surface area contributed by atoms with E-state index >= 15 is 0 Å². The lowest BCUT2D eigenvalue weighted by Gasteiger charge is -2.41. The maximum atomic E-state index is 9.06. The minimum absolute atomic E-state index is 0.0808. The second kappa shape index (κ2) is 4.04. The van der Waals surface area contributed by atoms with E-state index in [0.29, 0.717) is 6.17 Å². The molecule has 1 unspecified atom stereocenters. The number of nitrogens with zero attached hydrogens (tertiary/aromatic N) is 1. The number of hydrogen-bond acceptors (Lipinski definition) is 3. The first kappa shape index (κ1) is 8.97. The third kappa shape index (κ3) is 2.15. The largest absolute Gasteiger partial charge is 0.390 e. The van der Waals surface area contributed by atoms with Crippen LogP contribution in [-0.2, 0) is 0 Å². The minimum Gasteiger partial charge on any atom is -0.390 e. The van der Waals surface area contributed by atoms with Crippen molar-refractivity contribution < 1.29 is 5.11 Å². The Balaban J connectivity index is 2.20. The highest BCUT2D eigenvalue weighted by Crippen LogP contribution is 2.12. The zero-order valence-electron chi connectivity index (χ0n) is 7.38. The molecule has 0 aliphatic carbocycles. The molecule has 1 heterocycles. The SMILES string of the molecule is CCNC(CC)N1CC(O)C1. The van der Waals surface area contributed by atoms with Crippen molar-refractivity contribution in [1.29, 1.82) is 0 Å². The van der Waals surface area contributed by atoms with Crippen LogP contribution in [0, 0.1) is 0 Å². The van der Waals surface area contributed by atoms with Crippen LogP contribution in [0.3, 0.4) is 0 Å². The molecule has 1 fully saturated rings. The van der Waals surface area contributed by atoms with Gasteiger partial charge in [0.05, 0.1) is 12.3 Å². The van der Waals surface area contributed by atoms with Crippen LogP contribution in [0.2, 0.25) is 0 Å². The van der Waals surface area contributed by atoms with Gasteiger partial charge in [0.1, 0.15) is 0 Å². The summed E-state index contributed by atoms with van der Waals surface area (Å²) in [6.07, 6.45) is 1.51. The van der Waals surface area contributed by atoms with Crippen LogP contribution in [0.1, 0.15) is 20.3 Å². The number of hydrogen-bond donors (Lipinski definition) is 2. The van der Waals surface area contributed by atoms with E-state index in [1.807, 2.05) is 0 Å². The van der Waals surface area contributed by atoms with E-state index < -0.39 is 0 Å². The zero-order chi connectivity index (χ0) is 8.27. The van der Waals surface area contributed by atoms with Crippen LogP contribution in [0.5, 0.6) is 0 Å². The van der Waals surface area contributed by atoms with Gasteiger partial charge in [-0.05, 0) is 13.0 Å². The van der Waals surface area contributed by atoms with E-state index in [0.717, 1.165) is 26.1 Å². The van der Waals surface area contributed by atoms with Crippen LogP contribution in [0.15, 0.2) is 0 Å². The lowest BCUT2D eigenvalue weighted by atomic mass is 10.1. The van der Waals surface area contributed by atoms with Crippen molar-refractivity contribution in [3.05, 3.63) is 0 Å². The molecule has 0 bridgehead atoms. The third-order valence-corrected chi connectivity index (χ3v) is 2.16. The van der Waals surface area contributed by atoms with Crippen molar-refractivity contribution in [2.24, 2.45) is 0 Å². The molecule has 1 saturated heterocycles. The van der Waals surface area contributed by atoms with Gasteiger partial charge in [-0.1, -0.05) is 13.8 Å². The number of nitrogens with one attached hydrogen (secondary N) is 1. The average molecular weight is 158 g/mol. The fourth-order valence-electron chi connectivity index (χ4n) is 1.51. The lowest BCUT2D eigenvalue weighted by Crippen LogP contribution is -2.59. The molecule has 0 aromatic carbocycles. The number of likely N-dealkylation sites (tertiary alicyclic amines) is 1. The molecular weight excluding hydrogens is 140 g/mol. The first-order chi connectivity index (χ1) is 5.27. The molecule has 3 heteroatoms.